The lowest BCUT2D eigenvalue weighted by Gasteiger charge is -2.21. The summed E-state index contributed by atoms with van der Waals surface area (Å²) >= 11 is 0. The molecule has 1 atom stereocenters. The van der Waals surface area contributed by atoms with Crippen molar-refractivity contribution in [3.63, 3.8) is 0 Å². The summed E-state index contributed by atoms with van der Waals surface area (Å²) in [4.78, 5) is 3.57. The average molecular weight is 187 g/mol. The van der Waals surface area contributed by atoms with E-state index in [-0.39, 0.29) is 0 Å². The van der Waals surface area contributed by atoms with Crippen LogP contribution in [0.25, 0.3) is 0 Å². The highest BCUT2D eigenvalue weighted by molar-refractivity contribution is 6.49. The summed E-state index contributed by atoms with van der Waals surface area (Å²) in [6.45, 7) is 4.44. The van der Waals surface area contributed by atoms with E-state index in [0.29, 0.717) is 0 Å². The van der Waals surface area contributed by atoms with Crippen molar-refractivity contribution in [2.75, 3.05) is 13.2 Å². The van der Waals surface area contributed by atoms with Crippen molar-refractivity contribution >= 4 is 9.20 Å². The summed E-state index contributed by atoms with van der Waals surface area (Å²) in [5.74, 6) is 0. The maximum absolute atomic E-state index is 5.69. The molecule has 2 nitrogen and oxygen atoms in total. The highest BCUT2D eigenvalue weighted by atomic mass is 28.3. The van der Waals surface area contributed by atoms with Crippen LogP contribution in [0.15, 0.2) is 0 Å². The van der Waals surface area contributed by atoms with Gasteiger partial charge in [0.15, 0.2) is 0 Å². The maximum Gasteiger partial charge on any atom is 0.252 e. The van der Waals surface area contributed by atoms with Crippen molar-refractivity contribution in [3.8, 4) is 0 Å². The first-order valence-corrected chi connectivity index (χ1v) is 7.15. The summed E-state index contributed by atoms with van der Waals surface area (Å²) in [6.07, 6.45) is 6.66. The Morgan fingerprint density at radius 1 is 1.33 bits per heavy atom. The zero-order valence-corrected chi connectivity index (χ0v) is 9.30. The van der Waals surface area contributed by atoms with Gasteiger partial charge in [0.1, 0.15) is 0 Å². The number of hydrogen-bond acceptors (Lipinski definition) is 2. The molecule has 0 aromatic carbocycles. The fraction of sp³-hybridized carbons (Fsp3) is 1.00. The highest BCUT2D eigenvalue weighted by Gasteiger charge is 2.14. The van der Waals surface area contributed by atoms with Gasteiger partial charge in [-0.15, -0.1) is 0 Å². The average Bonchev–Trinajstić information content (AvgIpc) is 2.14. The van der Waals surface area contributed by atoms with E-state index in [1.807, 2.05) is 0 Å². The first-order valence-electron chi connectivity index (χ1n) is 5.28. The molecule has 0 aliphatic carbocycles. The predicted molar refractivity (Wildman–Crippen MR) is 54.7 cm³/mol. The van der Waals surface area contributed by atoms with Gasteiger partial charge in [-0.1, -0.05) is 26.2 Å². The largest absolute Gasteiger partial charge is 0.406 e. The predicted octanol–water partition coefficient (Wildman–Crippen LogP) is 1.80. The molecule has 72 valence electrons. The smallest absolute Gasteiger partial charge is 0.252 e. The normalized spacial score (nSPS) is 24.2. The molecule has 0 aromatic rings. The van der Waals surface area contributed by atoms with Crippen LogP contribution in [0.3, 0.4) is 0 Å². The third-order valence-corrected chi connectivity index (χ3v) is 4.65. The van der Waals surface area contributed by atoms with Gasteiger partial charge in [-0.05, 0) is 25.4 Å². The third-order valence-electron chi connectivity index (χ3n) is 2.33. The molecular weight excluding hydrogens is 166 g/mol. The summed E-state index contributed by atoms with van der Waals surface area (Å²) < 4.78 is 5.69. The third kappa shape index (κ3) is 4.23. The molecule has 0 aromatic heterocycles. The van der Waals surface area contributed by atoms with Crippen molar-refractivity contribution in [1.82, 2.24) is 4.98 Å². The van der Waals surface area contributed by atoms with Crippen molar-refractivity contribution in [2.45, 2.75) is 45.1 Å². The van der Waals surface area contributed by atoms with E-state index in [1.54, 1.807) is 0 Å². The molecule has 0 saturated carbocycles. The molecule has 1 aliphatic heterocycles. The van der Waals surface area contributed by atoms with Crippen molar-refractivity contribution < 1.29 is 4.43 Å². The molecule has 1 saturated heterocycles. The minimum atomic E-state index is -0.919. The molecule has 0 radical (unpaired) electrons. The Labute approximate surface area is 77.5 Å². The van der Waals surface area contributed by atoms with Crippen LogP contribution >= 0.6 is 0 Å². The molecule has 3 heteroatoms. The second kappa shape index (κ2) is 6.63. The summed E-state index contributed by atoms with van der Waals surface area (Å²) in [5.41, 5.74) is 0. The van der Waals surface area contributed by atoms with Crippen molar-refractivity contribution in [1.29, 1.82) is 0 Å². The molecule has 1 aliphatic rings. The molecule has 1 N–H and O–H groups in total. The molecular formula is C9H21NOSi. The van der Waals surface area contributed by atoms with E-state index in [9.17, 15) is 0 Å². The molecule has 1 fully saturated rings. The standard InChI is InChI=1S/C9H21NOSi/c1-2-3-4-7-10-12-9-6-5-8-11-12/h10,12H,2-9H2,1H3. The number of unbranched alkanes of at least 4 members (excludes halogenated alkanes) is 2. The second-order valence-electron chi connectivity index (χ2n) is 3.52. The van der Waals surface area contributed by atoms with Gasteiger partial charge in [0.2, 0.25) is 0 Å². The Bertz CT molecular complexity index is 105. The fourth-order valence-electron chi connectivity index (χ4n) is 1.54. The minimum Gasteiger partial charge on any atom is -0.406 e. The molecule has 1 unspecified atom stereocenters. The zero-order chi connectivity index (χ0) is 8.65. The van der Waals surface area contributed by atoms with Crippen LogP contribution in [0, 0.1) is 0 Å². The van der Waals surface area contributed by atoms with Crippen LogP contribution in [0.5, 0.6) is 0 Å². The number of nitrogens with one attached hydrogen (secondary N) is 1. The summed E-state index contributed by atoms with van der Waals surface area (Å²) in [7, 11) is -0.919. The Hall–Kier alpha value is 0.137. The maximum atomic E-state index is 5.69. The molecule has 0 amide bonds. The summed E-state index contributed by atoms with van der Waals surface area (Å²) in [6, 6.07) is 1.34. The Kier molecular flexibility index (Phi) is 5.65. The van der Waals surface area contributed by atoms with Crippen LogP contribution in [0.2, 0.25) is 6.04 Å². The van der Waals surface area contributed by atoms with Gasteiger partial charge in [-0.2, -0.15) is 0 Å². The number of rotatable bonds is 5. The van der Waals surface area contributed by atoms with Gasteiger partial charge in [0.25, 0.3) is 9.20 Å². The minimum absolute atomic E-state index is 0.919. The summed E-state index contributed by atoms with van der Waals surface area (Å²) in [5, 5.41) is 0. The lowest BCUT2D eigenvalue weighted by Crippen LogP contribution is -2.39. The lowest BCUT2D eigenvalue weighted by atomic mass is 10.3. The van der Waals surface area contributed by atoms with Crippen LogP contribution in [-0.2, 0) is 4.43 Å². The monoisotopic (exact) mass is 187 g/mol. The molecule has 1 rings (SSSR count). The van der Waals surface area contributed by atoms with Gasteiger partial charge < -0.3 is 9.41 Å². The van der Waals surface area contributed by atoms with E-state index in [4.69, 9.17) is 4.43 Å². The van der Waals surface area contributed by atoms with Crippen LogP contribution < -0.4 is 4.98 Å². The van der Waals surface area contributed by atoms with Gasteiger partial charge in [0.05, 0.1) is 0 Å². The van der Waals surface area contributed by atoms with E-state index in [2.05, 4.69) is 11.9 Å². The van der Waals surface area contributed by atoms with Crippen molar-refractivity contribution in [3.05, 3.63) is 0 Å². The van der Waals surface area contributed by atoms with Crippen LogP contribution in [0.1, 0.15) is 39.0 Å². The Morgan fingerprint density at radius 3 is 2.92 bits per heavy atom. The van der Waals surface area contributed by atoms with E-state index < -0.39 is 9.20 Å². The first-order chi connectivity index (χ1) is 5.93. The zero-order valence-electron chi connectivity index (χ0n) is 8.14. The van der Waals surface area contributed by atoms with Crippen molar-refractivity contribution in [2.24, 2.45) is 0 Å². The quantitative estimate of drug-likeness (QED) is 0.523. The van der Waals surface area contributed by atoms with Crippen LogP contribution in [0.4, 0.5) is 0 Å². The Morgan fingerprint density at radius 2 is 2.25 bits per heavy atom. The van der Waals surface area contributed by atoms with Gasteiger partial charge in [-0.3, -0.25) is 0 Å². The first kappa shape index (κ1) is 10.2. The molecule has 0 spiro atoms. The Balaban J connectivity index is 1.91. The van der Waals surface area contributed by atoms with E-state index in [0.717, 1.165) is 6.61 Å². The molecule has 12 heavy (non-hydrogen) atoms. The van der Waals surface area contributed by atoms with Gasteiger partial charge >= 0.3 is 0 Å². The lowest BCUT2D eigenvalue weighted by molar-refractivity contribution is 0.279. The van der Waals surface area contributed by atoms with E-state index >= 15 is 0 Å². The second-order valence-corrected chi connectivity index (χ2v) is 5.81. The number of hydrogen-bond donors (Lipinski definition) is 1. The van der Waals surface area contributed by atoms with Gasteiger partial charge in [-0.25, -0.2) is 0 Å². The molecule has 0 bridgehead atoms. The van der Waals surface area contributed by atoms with E-state index in [1.165, 1.54) is 44.7 Å². The topological polar surface area (TPSA) is 21.3 Å². The highest BCUT2D eigenvalue weighted by Crippen LogP contribution is 2.08. The van der Waals surface area contributed by atoms with Gasteiger partial charge in [0, 0.05) is 6.61 Å². The SMILES string of the molecule is CCCCCN[SiH]1CCCCO1. The fourth-order valence-corrected chi connectivity index (χ4v) is 3.67. The molecule has 1 heterocycles. The van der Waals surface area contributed by atoms with Crippen LogP contribution in [-0.4, -0.2) is 22.4 Å².